The number of hydrogen-bond donors (Lipinski definition) is 1. The topological polar surface area (TPSA) is 35.6 Å². The quantitative estimate of drug-likeness (QED) is 0.901. The molecule has 0 unspecified atom stereocenters. The molecule has 0 spiro atoms. The minimum Gasteiger partial charge on any atom is -0.361 e. The molecular formula is C15H22ClN3O. The van der Waals surface area contributed by atoms with Crippen molar-refractivity contribution in [2.24, 2.45) is 0 Å². The van der Waals surface area contributed by atoms with Gasteiger partial charge in [0.15, 0.2) is 0 Å². The Labute approximate surface area is 126 Å². The molecule has 1 N–H and O–H groups in total. The van der Waals surface area contributed by atoms with Crippen LogP contribution in [0, 0.1) is 0 Å². The fraction of sp³-hybridized carbons (Fsp3) is 0.533. The summed E-state index contributed by atoms with van der Waals surface area (Å²) < 4.78 is 0. The highest BCUT2D eigenvalue weighted by Gasteiger charge is 2.22. The molecule has 0 atom stereocenters. The van der Waals surface area contributed by atoms with Crippen molar-refractivity contribution >= 4 is 24.0 Å². The maximum atomic E-state index is 12.3. The first-order chi connectivity index (χ1) is 9.34. The number of anilines is 1. The third-order valence-corrected chi connectivity index (χ3v) is 3.99. The van der Waals surface area contributed by atoms with Crippen molar-refractivity contribution in [3.05, 3.63) is 29.8 Å². The van der Waals surface area contributed by atoms with Gasteiger partial charge in [-0.25, -0.2) is 0 Å². The second-order valence-electron chi connectivity index (χ2n) is 5.31. The number of nitrogens with one attached hydrogen (secondary N) is 1. The van der Waals surface area contributed by atoms with E-state index >= 15 is 0 Å². The third kappa shape index (κ3) is 3.25. The highest BCUT2D eigenvalue weighted by molar-refractivity contribution is 5.85. The maximum Gasteiger partial charge on any atom is 0.242 e. The molecule has 2 heterocycles. The molecule has 0 aliphatic carbocycles. The average molecular weight is 296 g/mol. The van der Waals surface area contributed by atoms with Crippen LogP contribution in [0.2, 0.25) is 0 Å². The molecule has 0 aromatic heterocycles. The number of rotatable bonds is 2. The molecule has 1 aromatic rings. The van der Waals surface area contributed by atoms with Crippen molar-refractivity contribution in [2.45, 2.75) is 19.4 Å². The molecule has 2 aliphatic rings. The highest BCUT2D eigenvalue weighted by atomic mass is 35.5. The number of nitrogens with zero attached hydrogens (tertiary/aromatic N) is 2. The van der Waals surface area contributed by atoms with Gasteiger partial charge in [-0.3, -0.25) is 4.79 Å². The Balaban J connectivity index is 0.00000147. The number of para-hydroxylation sites is 1. The van der Waals surface area contributed by atoms with Crippen LogP contribution in [0.3, 0.4) is 0 Å². The summed E-state index contributed by atoms with van der Waals surface area (Å²) in [4.78, 5) is 16.5. The fourth-order valence-corrected chi connectivity index (χ4v) is 2.92. The van der Waals surface area contributed by atoms with Gasteiger partial charge in [0.1, 0.15) is 0 Å². The van der Waals surface area contributed by atoms with Crippen molar-refractivity contribution in [1.29, 1.82) is 0 Å². The van der Waals surface area contributed by atoms with E-state index in [9.17, 15) is 4.79 Å². The van der Waals surface area contributed by atoms with Crippen LogP contribution in [0.4, 0.5) is 5.69 Å². The lowest BCUT2D eigenvalue weighted by atomic mass is 10.1. The Morgan fingerprint density at radius 3 is 2.70 bits per heavy atom. The van der Waals surface area contributed by atoms with Crippen LogP contribution in [0.15, 0.2) is 24.3 Å². The first-order valence-electron chi connectivity index (χ1n) is 7.16. The molecule has 1 aromatic carbocycles. The minimum atomic E-state index is 0. The van der Waals surface area contributed by atoms with E-state index in [1.807, 2.05) is 4.90 Å². The summed E-state index contributed by atoms with van der Waals surface area (Å²) in [7, 11) is 0. The monoisotopic (exact) mass is 295 g/mol. The van der Waals surface area contributed by atoms with E-state index in [4.69, 9.17) is 0 Å². The molecular weight excluding hydrogens is 274 g/mol. The standard InChI is InChI=1S/C15H21N3O.ClH/c19-15(17-8-3-4-9-17)12-18-10-7-16-11-13-5-1-2-6-14(13)18;/h1-2,5-6,16H,3-4,7-12H2;1H. The van der Waals surface area contributed by atoms with Crippen molar-refractivity contribution in [3.63, 3.8) is 0 Å². The van der Waals surface area contributed by atoms with Crippen LogP contribution in [-0.2, 0) is 11.3 Å². The van der Waals surface area contributed by atoms with Crippen molar-refractivity contribution in [3.8, 4) is 0 Å². The lowest BCUT2D eigenvalue weighted by molar-refractivity contribution is -0.128. The van der Waals surface area contributed by atoms with Gasteiger partial charge in [-0.15, -0.1) is 12.4 Å². The number of amides is 1. The van der Waals surface area contributed by atoms with Gasteiger partial charge in [0, 0.05) is 38.4 Å². The van der Waals surface area contributed by atoms with E-state index in [0.29, 0.717) is 6.54 Å². The Morgan fingerprint density at radius 1 is 1.15 bits per heavy atom. The van der Waals surface area contributed by atoms with Gasteiger partial charge in [0.2, 0.25) is 5.91 Å². The number of halogens is 1. The van der Waals surface area contributed by atoms with Crippen LogP contribution < -0.4 is 10.2 Å². The number of likely N-dealkylation sites (tertiary alicyclic amines) is 1. The predicted molar refractivity (Wildman–Crippen MR) is 83.4 cm³/mol. The van der Waals surface area contributed by atoms with Crippen molar-refractivity contribution in [1.82, 2.24) is 10.2 Å². The number of hydrogen-bond acceptors (Lipinski definition) is 3. The van der Waals surface area contributed by atoms with E-state index in [1.165, 1.54) is 11.3 Å². The second-order valence-corrected chi connectivity index (χ2v) is 5.31. The SMILES string of the molecule is Cl.O=C(CN1CCNCc2ccccc21)N1CCCC1. The summed E-state index contributed by atoms with van der Waals surface area (Å²) in [6.45, 7) is 5.11. The van der Waals surface area contributed by atoms with Gasteiger partial charge in [0.25, 0.3) is 0 Å². The van der Waals surface area contributed by atoms with E-state index in [2.05, 4.69) is 34.5 Å². The number of carbonyl (C=O) groups excluding carboxylic acids is 1. The Morgan fingerprint density at radius 2 is 1.90 bits per heavy atom. The molecule has 0 radical (unpaired) electrons. The van der Waals surface area contributed by atoms with Crippen molar-refractivity contribution in [2.75, 3.05) is 37.6 Å². The molecule has 4 nitrogen and oxygen atoms in total. The maximum absolute atomic E-state index is 12.3. The largest absolute Gasteiger partial charge is 0.361 e. The number of benzene rings is 1. The van der Waals surface area contributed by atoms with Crippen molar-refractivity contribution < 1.29 is 4.79 Å². The summed E-state index contributed by atoms with van der Waals surface area (Å²) in [5.74, 6) is 0.272. The van der Waals surface area contributed by atoms with Gasteiger partial charge in [-0.2, -0.15) is 0 Å². The summed E-state index contributed by atoms with van der Waals surface area (Å²) in [5, 5.41) is 3.41. The molecule has 1 amide bonds. The van der Waals surface area contributed by atoms with Crippen LogP contribution in [0.1, 0.15) is 18.4 Å². The number of carbonyl (C=O) groups is 1. The first kappa shape index (κ1) is 15.1. The summed E-state index contributed by atoms with van der Waals surface area (Å²) in [5.41, 5.74) is 2.49. The molecule has 3 rings (SSSR count). The molecule has 1 fully saturated rings. The van der Waals surface area contributed by atoms with Crippen LogP contribution >= 0.6 is 12.4 Å². The summed E-state index contributed by atoms with van der Waals surface area (Å²) >= 11 is 0. The molecule has 5 heteroatoms. The normalized spacial score (nSPS) is 18.2. The lowest BCUT2D eigenvalue weighted by Crippen LogP contribution is -2.40. The number of fused-ring (bicyclic) bond motifs is 1. The zero-order chi connectivity index (χ0) is 13.1. The van der Waals surface area contributed by atoms with Gasteiger partial charge in [0.05, 0.1) is 6.54 Å². The minimum absolute atomic E-state index is 0. The molecule has 2 aliphatic heterocycles. The van der Waals surface area contributed by atoms with E-state index < -0.39 is 0 Å². The van der Waals surface area contributed by atoms with Crippen LogP contribution in [0.5, 0.6) is 0 Å². The lowest BCUT2D eigenvalue weighted by Gasteiger charge is -2.26. The molecule has 110 valence electrons. The fourth-order valence-electron chi connectivity index (χ4n) is 2.92. The Kier molecular flexibility index (Phi) is 5.26. The van der Waals surface area contributed by atoms with Crippen LogP contribution in [0.25, 0.3) is 0 Å². The van der Waals surface area contributed by atoms with E-state index in [1.54, 1.807) is 0 Å². The Hall–Kier alpha value is -1.26. The van der Waals surface area contributed by atoms with Gasteiger partial charge in [-0.05, 0) is 24.5 Å². The van der Waals surface area contributed by atoms with Gasteiger partial charge >= 0.3 is 0 Å². The summed E-state index contributed by atoms with van der Waals surface area (Å²) in [6, 6.07) is 8.38. The molecule has 0 saturated carbocycles. The van der Waals surface area contributed by atoms with Gasteiger partial charge < -0.3 is 15.1 Å². The predicted octanol–water partition coefficient (Wildman–Crippen LogP) is 1.64. The van der Waals surface area contributed by atoms with Gasteiger partial charge in [-0.1, -0.05) is 18.2 Å². The average Bonchev–Trinajstić information content (AvgIpc) is 2.90. The highest BCUT2D eigenvalue weighted by Crippen LogP contribution is 2.22. The molecule has 1 saturated heterocycles. The zero-order valence-corrected chi connectivity index (χ0v) is 12.5. The van der Waals surface area contributed by atoms with E-state index in [0.717, 1.165) is 45.6 Å². The third-order valence-electron chi connectivity index (χ3n) is 3.99. The Bertz CT molecular complexity index is 460. The molecule has 0 bridgehead atoms. The first-order valence-corrected chi connectivity index (χ1v) is 7.16. The summed E-state index contributed by atoms with van der Waals surface area (Å²) in [6.07, 6.45) is 2.31. The molecule has 20 heavy (non-hydrogen) atoms. The smallest absolute Gasteiger partial charge is 0.242 e. The zero-order valence-electron chi connectivity index (χ0n) is 11.7. The van der Waals surface area contributed by atoms with Crippen LogP contribution in [-0.4, -0.2) is 43.5 Å². The van der Waals surface area contributed by atoms with E-state index in [-0.39, 0.29) is 18.3 Å². The second kappa shape index (κ2) is 6.95.